The van der Waals surface area contributed by atoms with Gasteiger partial charge in [-0.1, -0.05) is 12.8 Å². The number of halogens is 2. The van der Waals surface area contributed by atoms with Crippen LogP contribution in [0.5, 0.6) is 0 Å². The minimum absolute atomic E-state index is 0.111. The molecule has 2 atom stereocenters. The molecular weight excluding hydrogens is 272 g/mol. The van der Waals surface area contributed by atoms with Crippen molar-refractivity contribution in [2.75, 3.05) is 13.1 Å². The number of likely N-dealkylation sites (tertiary alicyclic amines) is 1. The van der Waals surface area contributed by atoms with Gasteiger partial charge in [-0.05, 0) is 56.3 Å². The highest BCUT2D eigenvalue weighted by atomic mass is 19.2. The third-order valence-electron chi connectivity index (χ3n) is 4.95. The number of nitrogens with zero attached hydrogens (tertiary/aromatic N) is 1. The van der Waals surface area contributed by atoms with Gasteiger partial charge in [-0.25, -0.2) is 8.78 Å². The smallest absolute Gasteiger partial charge is 0.176 e. The lowest BCUT2D eigenvalue weighted by molar-refractivity contribution is 0.0539. The molecule has 0 spiro atoms. The Balaban J connectivity index is 1.69. The molecule has 0 bridgehead atoms. The second kappa shape index (κ2) is 6.22. The maximum atomic E-state index is 13.2. The van der Waals surface area contributed by atoms with E-state index >= 15 is 0 Å². The molecule has 114 valence electrons. The van der Waals surface area contributed by atoms with Crippen molar-refractivity contribution in [3.05, 3.63) is 35.4 Å². The van der Waals surface area contributed by atoms with Crippen LogP contribution in [-0.2, 0) is 0 Å². The number of fused-ring (bicyclic) bond motifs is 1. The summed E-state index contributed by atoms with van der Waals surface area (Å²) in [5, 5.41) is 0. The Labute approximate surface area is 124 Å². The topological polar surface area (TPSA) is 20.3 Å². The number of hydrogen-bond acceptors (Lipinski definition) is 2. The highest BCUT2D eigenvalue weighted by Gasteiger charge is 2.33. The molecule has 2 unspecified atom stereocenters. The van der Waals surface area contributed by atoms with Crippen LogP contribution in [0.2, 0.25) is 0 Å². The van der Waals surface area contributed by atoms with Crippen molar-refractivity contribution in [1.82, 2.24) is 4.90 Å². The third-order valence-corrected chi connectivity index (χ3v) is 4.95. The van der Waals surface area contributed by atoms with Gasteiger partial charge in [0.25, 0.3) is 0 Å². The Morgan fingerprint density at radius 2 is 1.86 bits per heavy atom. The molecule has 1 aliphatic carbocycles. The monoisotopic (exact) mass is 293 g/mol. The van der Waals surface area contributed by atoms with E-state index in [-0.39, 0.29) is 11.3 Å². The lowest BCUT2D eigenvalue weighted by Gasteiger charge is -2.43. The predicted octanol–water partition coefficient (Wildman–Crippen LogP) is 3.80. The molecule has 3 rings (SSSR count). The molecule has 1 heterocycles. The molecule has 1 saturated carbocycles. The normalized spacial score (nSPS) is 26.4. The van der Waals surface area contributed by atoms with Crippen LogP contribution in [-0.4, -0.2) is 29.8 Å². The number of carbonyl (C=O) groups is 1. The standard InChI is InChI=1S/C17H21F2NO/c18-14-8-7-13(10-15(14)19)17(21)11-20-9-3-5-12-4-1-2-6-16(12)20/h7-8,10,12,16H,1-6,9,11H2. The van der Waals surface area contributed by atoms with Crippen molar-refractivity contribution in [2.45, 2.75) is 44.6 Å². The zero-order chi connectivity index (χ0) is 14.8. The molecule has 0 radical (unpaired) electrons. The van der Waals surface area contributed by atoms with E-state index in [4.69, 9.17) is 0 Å². The summed E-state index contributed by atoms with van der Waals surface area (Å²) in [6.07, 6.45) is 7.35. The summed E-state index contributed by atoms with van der Waals surface area (Å²) in [5.74, 6) is -1.25. The van der Waals surface area contributed by atoms with Crippen LogP contribution in [0.1, 0.15) is 48.9 Å². The van der Waals surface area contributed by atoms with Gasteiger partial charge < -0.3 is 0 Å². The van der Waals surface area contributed by atoms with E-state index in [1.165, 1.54) is 31.7 Å². The molecule has 21 heavy (non-hydrogen) atoms. The van der Waals surface area contributed by atoms with Crippen molar-refractivity contribution >= 4 is 5.78 Å². The van der Waals surface area contributed by atoms with Crippen molar-refractivity contribution in [3.63, 3.8) is 0 Å². The van der Waals surface area contributed by atoms with Gasteiger partial charge in [0.05, 0.1) is 6.54 Å². The van der Waals surface area contributed by atoms with E-state index in [0.717, 1.165) is 31.5 Å². The van der Waals surface area contributed by atoms with E-state index in [2.05, 4.69) is 4.90 Å². The minimum Gasteiger partial charge on any atom is -0.293 e. The molecule has 0 aromatic heterocycles. The van der Waals surface area contributed by atoms with Gasteiger partial charge >= 0.3 is 0 Å². The Morgan fingerprint density at radius 3 is 2.67 bits per heavy atom. The number of Topliss-reactive ketones (excluding diaryl/α,β-unsaturated/α-hetero) is 1. The average Bonchev–Trinajstić information content (AvgIpc) is 2.50. The van der Waals surface area contributed by atoms with Crippen LogP contribution >= 0.6 is 0 Å². The zero-order valence-electron chi connectivity index (χ0n) is 12.2. The van der Waals surface area contributed by atoms with E-state index in [9.17, 15) is 13.6 Å². The summed E-state index contributed by atoms with van der Waals surface area (Å²) in [7, 11) is 0. The van der Waals surface area contributed by atoms with Crippen LogP contribution in [0.4, 0.5) is 8.78 Å². The molecule has 1 aromatic rings. The molecule has 0 N–H and O–H groups in total. The van der Waals surface area contributed by atoms with Gasteiger partial charge in [-0.15, -0.1) is 0 Å². The summed E-state index contributed by atoms with van der Waals surface area (Å²) in [6.45, 7) is 1.27. The fourth-order valence-electron chi connectivity index (χ4n) is 3.87. The van der Waals surface area contributed by atoms with E-state index in [1.807, 2.05) is 0 Å². The number of hydrogen-bond donors (Lipinski definition) is 0. The number of carbonyl (C=O) groups excluding carboxylic acids is 1. The molecule has 1 aliphatic heterocycles. The maximum Gasteiger partial charge on any atom is 0.176 e. The molecule has 1 saturated heterocycles. The first-order valence-corrected chi connectivity index (χ1v) is 7.87. The summed E-state index contributed by atoms with van der Waals surface area (Å²) in [6, 6.07) is 3.92. The van der Waals surface area contributed by atoms with Crippen molar-refractivity contribution in [2.24, 2.45) is 5.92 Å². The van der Waals surface area contributed by atoms with Gasteiger partial charge in [-0.2, -0.15) is 0 Å². The SMILES string of the molecule is O=C(CN1CCCC2CCCCC21)c1ccc(F)c(F)c1. The van der Waals surface area contributed by atoms with Gasteiger partial charge in [0, 0.05) is 11.6 Å². The molecule has 2 nitrogen and oxygen atoms in total. The number of rotatable bonds is 3. The lowest BCUT2D eigenvalue weighted by Crippen LogP contribution is -2.48. The van der Waals surface area contributed by atoms with Gasteiger partial charge in [0.15, 0.2) is 17.4 Å². The molecule has 1 aromatic carbocycles. The Morgan fingerprint density at radius 1 is 1.10 bits per heavy atom. The zero-order valence-corrected chi connectivity index (χ0v) is 12.2. The highest BCUT2D eigenvalue weighted by molar-refractivity contribution is 5.97. The molecule has 0 amide bonds. The second-order valence-electron chi connectivity index (χ2n) is 6.28. The van der Waals surface area contributed by atoms with Gasteiger partial charge in [-0.3, -0.25) is 9.69 Å². The molecular formula is C17H21F2NO. The fourth-order valence-corrected chi connectivity index (χ4v) is 3.87. The predicted molar refractivity (Wildman–Crippen MR) is 77.2 cm³/mol. The Bertz CT molecular complexity index is 530. The molecule has 2 aliphatic rings. The van der Waals surface area contributed by atoms with Gasteiger partial charge in [0.1, 0.15) is 0 Å². The van der Waals surface area contributed by atoms with Crippen molar-refractivity contribution in [1.29, 1.82) is 0 Å². The number of ketones is 1. The van der Waals surface area contributed by atoms with Crippen molar-refractivity contribution < 1.29 is 13.6 Å². The molecule has 4 heteroatoms. The number of benzene rings is 1. The summed E-state index contributed by atoms with van der Waals surface area (Å²) in [5.41, 5.74) is 0.270. The Hall–Kier alpha value is -1.29. The fraction of sp³-hybridized carbons (Fsp3) is 0.588. The number of piperidine rings is 1. The largest absolute Gasteiger partial charge is 0.293 e. The highest BCUT2D eigenvalue weighted by Crippen LogP contribution is 2.35. The van der Waals surface area contributed by atoms with Crippen LogP contribution in [0.15, 0.2) is 18.2 Å². The third kappa shape index (κ3) is 3.15. The van der Waals surface area contributed by atoms with Crippen LogP contribution < -0.4 is 0 Å². The first-order valence-electron chi connectivity index (χ1n) is 7.87. The maximum absolute atomic E-state index is 13.2. The Kier molecular flexibility index (Phi) is 4.34. The average molecular weight is 293 g/mol. The van der Waals surface area contributed by atoms with E-state index < -0.39 is 11.6 Å². The summed E-state index contributed by atoms with van der Waals surface area (Å²) in [4.78, 5) is 14.6. The van der Waals surface area contributed by atoms with E-state index in [0.29, 0.717) is 18.5 Å². The first kappa shape index (κ1) is 14.6. The van der Waals surface area contributed by atoms with Crippen molar-refractivity contribution in [3.8, 4) is 0 Å². The summed E-state index contributed by atoms with van der Waals surface area (Å²) >= 11 is 0. The van der Waals surface area contributed by atoms with Crippen LogP contribution in [0, 0.1) is 17.6 Å². The summed E-state index contributed by atoms with van der Waals surface area (Å²) < 4.78 is 26.2. The van der Waals surface area contributed by atoms with Crippen LogP contribution in [0.25, 0.3) is 0 Å². The minimum atomic E-state index is -0.949. The lowest BCUT2D eigenvalue weighted by atomic mass is 9.78. The first-order chi connectivity index (χ1) is 10.1. The molecule has 2 fully saturated rings. The quantitative estimate of drug-likeness (QED) is 0.790. The van der Waals surface area contributed by atoms with Gasteiger partial charge in [0.2, 0.25) is 0 Å². The van der Waals surface area contributed by atoms with E-state index in [1.54, 1.807) is 0 Å². The second-order valence-corrected chi connectivity index (χ2v) is 6.28. The van der Waals surface area contributed by atoms with Crippen LogP contribution in [0.3, 0.4) is 0 Å².